The summed E-state index contributed by atoms with van der Waals surface area (Å²) in [7, 11) is 0. The SMILES string of the molecule is Cc1ccccc1NCCSc1nc2ccccc2o1. The molecule has 1 N–H and O–H groups in total. The molecule has 0 fully saturated rings. The van der Waals surface area contributed by atoms with Gasteiger partial charge in [0.2, 0.25) is 0 Å². The molecule has 102 valence electrons. The van der Waals surface area contributed by atoms with Crippen LogP contribution >= 0.6 is 11.8 Å². The molecule has 1 heterocycles. The number of nitrogens with zero attached hydrogens (tertiary/aromatic N) is 1. The second kappa shape index (κ2) is 6.01. The van der Waals surface area contributed by atoms with Crippen LogP contribution in [0.1, 0.15) is 5.56 Å². The normalized spacial score (nSPS) is 10.8. The van der Waals surface area contributed by atoms with Crippen LogP contribution in [0.2, 0.25) is 0 Å². The number of nitrogens with one attached hydrogen (secondary N) is 1. The molecule has 0 spiro atoms. The standard InChI is InChI=1S/C16H16N2OS/c1-12-6-2-3-7-13(12)17-10-11-20-16-18-14-8-4-5-9-15(14)19-16/h2-9,17H,10-11H2,1H3. The minimum absolute atomic E-state index is 0.734. The lowest BCUT2D eigenvalue weighted by Gasteiger charge is -2.07. The summed E-state index contributed by atoms with van der Waals surface area (Å²) in [6, 6.07) is 16.1. The smallest absolute Gasteiger partial charge is 0.256 e. The number of oxazole rings is 1. The van der Waals surface area contributed by atoms with E-state index in [0.717, 1.165) is 28.6 Å². The Labute approximate surface area is 122 Å². The van der Waals surface area contributed by atoms with E-state index in [1.807, 2.05) is 36.4 Å². The summed E-state index contributed by atoms with van der Waals surface area (Å²) in [5, 5.41) is 4.16. The molecule has 1 aromatic heterocycles. The largest absolute Gasteiger partial charge is 0.431 e. The number of para-hydroxylation sites is 3. The molecule has 3 aromatic rings. The van der Waals surface area contributed by atoms with Crippen molar-refractivity contribution < 1.29 is 4.42 Å². The first-order valence-electron chi connectivity index (χ1n) is 6.61. The van der Waals surface area contributed by atoms with Gasteiger partial charge in [0, 0.05) is 18.0 Å². The van der Waals surface area contributed by atoms with E-state index >= 15 is 0 Å². The number of thioether (sulfide) groups is 1. The molecule has 0 aliphatic carbocycles. The molecule has 0 unspecified atom stereocenters. The lowest BCUT2D eigenvalue weighted by atomic mass is 10.2. The fraction of sp³-hybridized carbons (Fsp3) is 0.188. The van der Waals surface area contributed by atoms with Gasteiger partial charge in [0.15, 0.2) is 5.58 Å². The Morgan fingerprint density at radius 2 is 1.90 bits per heavy atom. The van der Waals surface area contributed by atoms with Crippen LogP contribution in [0.3, 0.4) is 0 Å². The van der Waals surface area contributed by atoms with Crippen molar-refractivity contribution in [2.24, 2.45) is 0 Å². The number of hydrogen-bond donors (Lipinski definition) is 1. The quantitative estimate of drug-likeness (QED) is 0.558. The van der Waals surface area contributed by atoms with E-state index < -0.39 is 0 Å². The minimum atomic E-state index is 0.734. The first-order valence-corrected chi connectivity index (χ1v) is 7.59. The summed E-state index contributed by atoms with van der Waals surface area (Å²) >= 11 is 1.63. The van der Waals surface area contributed by atoms with E-state index in [4.69, 9.17) is 4.42 Å². The predicted octanol–water partition coefficient (Wildman–Crippen LogP) is 4.34. The maximum Gasteiger partial charge on any atom is 0.256 e. The van der Waals surface area contributed by atoms with Crippen LogP contribution in [-0.2, 0) is 0 Å². The van der Waals surface area contributed by atoms with Crippen molar-refractivity contribution in [2.45, 2.75) is 12.1 Å². The number of aromatic nitrogens is 1. The van der Waals surface area contributed by atoms with E-state index in [0.29, 0.717) is 0 Å². The third kappa shape index (κ3) is 2.96. The summed E-state index contributed by atoms with van der Waals surface area (Å²) < 4.78 is 5.67. The number of rotatable bonds is 5. The molecule has 3 nitrogen and oxygen atoms in total. The fourth-order valence-electron chi connectivity index (χ4n) is 2.01. The van der Waals surface area contributed by atoms with Crippen LogP contribution in [0.4, 0.5) is 5.69 Å². The summed E-state index contributed by atoms with van der Waals surface area (Å²) in [6.45, 7) is 2.99. The van der Waals surface area contributed by atoms with Crippen molar-refractivity contribution >= 4 is 28.5 Å². The highest BCUT2D eigenvalue weighted by Gasteiger charge is 2.05. The third-order valence-electron chi connectivity index (χ3n) is 3.06. The maximum absolute atomic E-state index is 5.67. The van der Waals surface area contributed by atoms with Gasteiger partial charge in [-0.25, -0.2) is 4.98 Å². The molecule has 0 aliphatic heterocycles. The number of fused-ring (bicyclic) bond motifs is 1. The van der Waals surface area contributed by atoms with E-state index in [9.17, 15) is 0 Å². The second-order valence-electron chi connectivity index (χ2n) is 4.54. The fourth-order valence-corrected chi connectivity index (χ4v) is 2.70. The van der Waals surface area contributed by atoms with Crippen molar-refractivity contribution in [3.63, 3.8) is 0 Å². The molecule has 0 bridgehead atoms. The molecule has 3 rings (SSSR count). The monoisotopic (exact) mass is 284 g/mol. The molecular weight excluding hydrogens is 268 g/mol. The van der Waals surface area contributed by atoms with Crippen molar-refractivity contribution in [2.75, 3.05) is 17.6 Å². The van der Waals surface area contributed by atoms with Gasteiger partial charge in [0.1, 0.15) is 5.52 Å². The Balaban J connectivity index is 1.54. The van der Waals surface area contributed by atoms with Gasteiger partial charge in [-0.15, -0.1) is 0 Å². The van der Waals surface area contributed by atoms with Gasteiger partial charge in [-0.1, -0.05) is 42.1 Å². The summed E-state index contributed by atoms with van der Waals surface area (Å²) in [6.07, 6.45) is 0. The molecule has 0 aliphatic rings. The second-order valence-corrected chi connectivity index (χ2v) is 5.58. The van der Waals surface area contributed by atoms with Gasteiger partial charge in [0.25, 0.3) is 5.22 Å². The lowest BCUT2D eigenvalue weighted by molar-refractivity contribution is 0.489. The Hall–Kier alpha value is -1.94. The Morgan fingerprint density at radius 1 is 1.10 bits per heavy atom. The predicted molar refractivity (Wildman–Crippen MR) is 84.4 cm³/mol. The Morgan fingerprint density at radius 3 is 2.75 bits per heavy atom. The van der Waals surface area contributed by atoms with Gasteiger partial charge in [-0.3, -0.25) is 0 Å². The van der Waals surface area contributed by atoms with Gasteiger partial charge in [0.05, 0.1) is 0 Å². The molecule has 0 atom stereocenters. The molecule has 2 aromatic carbocycles. The van der Waals surface area contributed by atoms with Crippen LogP contribution in [0.15, 0.2) is 58.2 Å². The van der Waals surface area contributed by atoms with E-state index in [-0.39, 0.29) is 0 Å². The first-order chi connectivity index (χ1) is 9.83. The summed E-state index contributed by atoms with van der Waals surface area (Å²) in [4.78, 5) is 4.44. The third-order valence-corrected chi connectivity index (χ3v) is 3.89. The highest BCUT2D eigenvalue weighted by Crippen LogP contribution is 2.23. The molecule has 0 radical (unpaired) electrons. The zero-order valence-corrected chi connectivity index (χ0v) is 12.1. The molecule has 0 amide bonds. The number of anilines is 1. The summed E-state index contributed by atoms with van der Waals surface area (Å²) in [5.74, 6) is 0.918. The first kappa shape index (κ1) is 13.1. The number of aryl methyl sites for hydroxylation is 1. The van der Waals surface area contributed by atoms with Crippen LogP contribution in [0.5, 0.6) is 0 Å². The van der Waals surface area contributed by atoms with Crippen molar-refractivity contribution in [1.82, 2.24) is 4.98 Å². The summed E-state index contributed by atoms with van der Waals surface area (Å²) in [5.41, 5.74) is 4.22. The average Bonchev–Trinajstić information content (AvgIpc) is 2.88. The Bertz CT molecular complexity index is 675. The molecular formula is C16H16N2OS. The van der Waals surface area contributed by atoms with Gasteiger partial charge in [-0.2, -0.15) is 0 Å². The van der Waals surface area contributed by atoms with Crippen LogP contribution in [-0.4, -0.2) is 17.3 Å². The zero-order chi connectivity index (χ0) is 13.8. The number of benzene rings is 2. The zero-order valence-electron chi connectivity index (χ0n) is 11.3. The van der Waals surface area contributed by atoms with Gasteiger partial charge < -0.3 is 9.73 Å². The van der Waals surface area contributed by atoms with Crippen molar-refractivity contribution in [1.29, 1.82) is 0 Å². The molecule has 20 heavy (non-hydrogen) atoms. The van der Waals surface area contributed by atoms with Crippen LogP contribution in [0.25, 0.3) is 11.1 Å². The molecule has 0 saturated heterocycles. The molecule has 0 saturated carbocycles. The van der Waals surface area contributed by atoms with Crippen molar-refractivity contribution in [3.05, 3.63) is 54.1 Å². The topological polar surface area (TPSA) is 38.1 Å². The van der Waals surface area contributed by atoms with Gasteiger partial charge >= 0.3 is 0 Å². The molecule has 4 heteroatoms. The number of hydrogen-bond acceptors (Lipinski definition) is 4. The van der Waals surface area contributed by atoms with Crippen LogP contribution in [0, 0.1) is 6.92 Å². The highest BCUT2D eigenvalue weighted by molar-refractivity contribution is 7.99. The van der Waals surface area contributed by atoms with Gasteiger partial charge in [-0.05, 0) is 30.7 Å². The van der Waals surface area contributed by atoms with E-state index in [1.54, 1.807) is 11.8 Å². The highest BCUT2D eigenvalue weighted by atomic mass is 32.2. The van der Waals surface area contributed by atoms with E-state index in [1.165, 1.54) is 11.3 Å². The van der Waals surface area contributed by atoms with E-state index in [2.05, 4.69) is 29.4 Å². The maximum atomic E-state index is 5.67. The minimum Gasteiger partial charge on any atom is -0.431 e. The lowest BCUT2D eigenvalue weighted by Crippen LogP contribution is -2.05. The van der Waals surface area contributed by atoms with Crippen molar-refractivity contribution in [3.8, 4) is 0 Å². The Kier molecular flexibility index (Phi) is 3.92. The van der Waals surface area contributed by atoms with Crippen LogP contribution < -0.4 is 5.32 Å². The average molecular weight is 284 g/mol.